The highest BCUT2D eigenvalue weighted by Crippen LogP contribution is 2.09. The molecule has 2 N–H and O–H groups in total. The van der Waals surface area contributed by atoms with Crippen LogP contribution >= 0.6 is 12.4 Å². The summed E-state index contributed by atoms with van der Waals surface area (Å²) in [6, 6.07) is 0.386. The number of ether oxygens (including phenoxy) is 2. The Kier molecular flexibility index (Phi) is 8.37. The van der Waals surface area contributed by atoms with Crippen LogP contribution in [0.3, 0.4) is 0 Å². The Hall–Kier alpha value is -0.360. The Morgan fingerprint density at radius 3 is 3.00 bits per heavy atom. The lowest BCUT2D eigenvalue weighted by atomic mass is 10.1. The normalized spacial score (nSPS) is 26.1. The van der Waals surface area contributed by atoms with E-state index in [0.717, 1.165) is 39.0 Å². The van der Waals surface area contributed by atoms with Gasteiger partial charge in [0.15, 0.2) is 0 Å². The molecule has 5 nitrogen and oxygen atoms in total. The Bertz CT molecular complexity index is 254. The predicted octanol–water partition coefficient (Wildman–Crippen LogP) is 0.862. The average molecular weight is 293 g/mol. The molecule has 2 heterocycles. The summed E-state index contributed by atoms with van der Waals surface area (Å²) in [6.07, 6.45) is 5.06. The molecule has 112 valence electrons. The first kappa shape index (κ1) is 16.7. The van der Waals surface area contributed by atoms with E-state index in [1.54, 1.807) is 0 Å². The van der Waals surface area contributed by atoms with E-state index < -0.39 is 0 Å². The average Bonchev–Trinajstić information content (AvgIpc) is 3.01. The molecule has 2 saturated heterocycles. The fourth-order valence-corrected chi connectivity index (χ4v) is 2.42. The number of carbonyl (C=O) groups is 1. The smallest absolute Gasteiger partial charge is 0.221 e. The van der Waals surface area contributed by atoms with Gasteiger partial charge in [0.05, 0.1) is 12.7 Å². The maximum absolute atomic E-state index is 11.6. The molecular formula is C13H25ClN2O3. The van der Waals surface area contributed by atoms with Gasteiger partial charge in [0.2, 0.25) is 5.91 Å². The molecule has 1 amide bonds. The van der Waals surface area contributed by atoms with Gasteiger partial charge in [-0.1, -0.05) is 0 Å². The molecule has 0 aromatic heterocycles. The third-order valence-corrected chi connectivity index (χ3v) is 3.48. The molecule has 6 heteroatoms. The van der Waals surface area contributed by atoms with Crippen molar-refractivity contribution < 1.29 is 14.3 Å². The highest BCUT2D eigenvalue weighted by Gasteiger charge is 2.17. The van der Waals surface area contributed by atoms with E-state index in [1.807, 2.05) is 0 Å². The molecule has 2 unspecified atom stereocenters. The Morgan fingerprint density at radius 1 is 1.42 bits per heavy atom. The lowest BCUT2D eigenvalue weighted by molar-refractivity contribution is -0.121. The van der Waals surface area contributed by atoms with Gasteiger partial charge in [0.25, 0.3) is 0 Å². The minimum Gasteiger partial charge on any atom is -0.379 e. The van der Waals surface area contributed by atoms with E-state index in [9.17, 15) is 4.79 Å². The Morgan fingerprint density at radius 2 is 2.32 bits per heavy atom. The quantitative estimate of drug-likeness (QED) is 0.684. The third kappa shape index (κ3) is 6.56. The standard InChI is InChI=1S/C13H24N2O3.ClH/c16-13(9-11-3-1-5-14-11)15-6-2-7-18-12-4-8-17-10-12;/h11-12,14H,1-10H2,(H,15,16);1H. The summed E-state index contributed by atoms with van der Waals surface area (Å²) < 4.78 is 10.9. The topological polar surface area (TPSA) is 59.6 Å². The number of hydrogen-bond donors (Lipinski definition) is 2. The summed E-state index contributed by atoms with van der Waals surface area (Å²) in [5, 5.41) is 6.27. The van der Waals surface area contributed by atoms with E-state index in [-0.39, 0.29) is 24.4 Å². The van der Waals surface area contributed by atoms with Crippen molar-refractivity contribution in [1.82, 2.24) is 10.6 Å². The molecular weight excluding hydrogens is 268 g/mol. The maximum atomic E-state index is 11.6. The van der Waals surface area contributed by atoms with Gasteiger partial charge in [-0.15, -0.1) is 12.4 Å². The van der Waals surface area contributed by atoms with Gasteiger partial charge in [0.1, 0.15) is 0 Å². The van der Waals surface area contributed by atoms with Crippen LogP contribution in [-0.2, 0) is 14.3 Å². The lowest BCUT2D eigenvalue weighted by Gasteiger charge is -2.11. The van der Waals surface area contributed by atoms with E-state index in [2.05, 4.69) is 10.6 Å². The van der Waals surface area contributed by atoms with Crippen LogP contribution in [0.1, 0.15) is 32.1 Å². The van der Waals surface area contributed by atoms with Crippen molar-refractivity contribution in [2.75, 3.05) is 32.9 Å². The predicted molar refractivity (Wildman–Crippen MR) is 75.7 cm³/mol. The Balaban J connectivity index is 0.00000180. The fourth-order valence-electron chi connectivity index (χ4n) is 2.42. The molecule has 2 aliphatic heterocycles. The summed E-state index contributed by atoms with van der Waals surface area (Å²) in [5.74, 6) is 0.151. The van der Waals surface area contributed by atoms with Gasteiger partial charge in [-0.3, -0.25) is 4.79 Å². The third-order valence-electron chi connectivity index (χ3n) is 3.48. The summed E-state index contributed by atoms with van der Waals surface area (Å²) in [4.78, 5) is 11.6. The van der Waals surface area contributed by atoms with Crippen LogP contribution in [-0.4, -0.2) is 51.0 Å². The molecule has 0 radical (unpaired) electrons. The van der Waals surface area contributed by atoms with Crippen molar-refractivity contribution >= 4 is 18.3 Å². The van der Waals surface area contributed by atoms with Crippen LogP contribution in [0.25, 0.3) is 0 Å². The van der Waals surface area contributed by atoms with Crippen LogP contribution in [0.5, 0.6) is 0 Å². The Labute approximate surface area is 121 Å². The largest absolute Gasteiger partial charge is 0.379 e. The lowest BCUT2D eigenvalue weighted by Crippen LogP contribution is -2.32. The van der Waals surface area contributed by atoms with Crippen molar-refractivity contribution in [2.45, 2.75) is 44.2 Å². The summed E-state index contributed by atoms with van der Waals surface area (Å²) in [6.45, 7) is 4.00. The second-order valence-electron chi connectivity index (χ2n) is 5.06. The number of carbonyl (C=O) groups excluding carboxylic acids is 1. The second-order valence-corrected chi connectivity index (χ2v) is 5.06. The minimum atomic E-state index is 0. The van der Waals surface area contributed by atoms with E-state index in [0.29, 0.717) is 25.6 Å². The monoisotopic (exact) mass is 292 g/mol. The molecule has 0 saturated carbocycles. The maximum Gasteiger partial charge on any atom is 0.221 e. The van der Waals surface area contributed by atoms with Crippen LogP contribution < -0.4 is 10.6 Å². The number of hydrogen-bond acceptors (Lipinski definition) is 4. The van der Waals surface area contributed by atoms with E-state index in [4.69, 9.17) is 9.47 Å². The highest BCUT2D eigenvalue weighted by atomic mass is 35.5. The molecule has 0 aromatic carbocycles. The van der Waals surface area contributed by atoms with Gasteiger partial charge in [0, 0.05) is 32.2 Å². The SMILES string of the molecule is Cl.O=C(CC1CCCN1)NCCCOC1CCOC1. The van der Waals surface area contributed by atoms with Gasteiger partial charge >= 0.3 is 0 Å². The molecule has 2 rings (SSSR count). The summed E-state index contributed by atoms with van der Waals surface area (Å²) in [5.41, 5.74) is 0. The van der Waals surface area contributed by atoms with E-state index >= 15 is 0 Å². The first-order valence-corrected chi connectivity index (χ1v) is 7.04. The number of amides is 1. The van der Waals surface area contributed by atoms with Crippen molar-refractivity contribution in [1.29, 1.82) is 0 Å². The summed E-state index contributed by atoms with van der Waals surface area (Å²) >= 11 is 0. The van der Waals surface area contributed by atoms with Gasteiger partial charge in [-0.25, -0.2) is 0 Å². The van der Waals surface area contributed by atoms with Crippen LogP contribution in [0.4, 0.5) is 0 Å². The van der Waals surface area contributed by atoms with Crippen LogP contribution in [0.15, 0.2) is 0 Å². The number of rotatable bonds is 7. The zero-order chi connectivity index (χ0) is 12.6. The number of nitrogens with one attached hydrogen (secondary N) is 2. The molecule has 2 aliphatic rings. The van der Waals surface area contributed by atoms with E-state index in [1.165, 1.54) is 6.42 Å². The fraction of sp³-hybridized carbons (Fsp3) is 0.923. The van der Waals surface area contributed by atoms with Crippen LogP contribution in [0, 0.1) is 0 Å². The minimum absolute atomic E-state index is 0. The second kappa shape index (κ2) is 9.53. The summed E-state index contributed by atoms with van der Waals surface area (Å²) in [7, 11) is 0. The van der Waals surface area contributed by atoms with Crippen molar-refractivity contribution in [3.8, 4) is 0 Å². The zero-order valence-corrected chi connectivity index (χ0v) is 12.2. The molecule has 2 fully saturated rings. The molecule has 0 bridgehead atoms. The highest BCUT2D eigenvalue weighted by molar-refractivity contribution is 5.85. The molecule has 0 aliphatic carbocycles. The zero-order valence-electron chi connectivity index (χ0n) is 11.4. The van der Waals surface area contributed by atoms with Gasteiger partial charge in [-0.2, -0.15) is 0 Å². The molecule has 0 aromatic rings. The first-order chi connectivity index (χ1) is 8.84. The van der Waals surface area contributed by atoms with Crippen molar-refractivity contribution in [2.24, 2.45) is 0 Å². The van der Waals surface area contributed by atoms with Gasteiger partial charge < -0.3 is 20.1 Å². The van der Waals surface area contributed by atoms with Crippen LogP contribution in [0.2, 0.25) is 0 Å². The van der Waals surface area contributed by atoms with Crippen molar-refractivity contribution in [3.63, 3.8) is 0 Å². The van der Waals surface area contributed by atoms with Crippen molar-refractivity contribution in [3.05, 3.63) is 0 Å². The van der Waals surface area contributed by atoms with Gasteiger partial charge in [-0.05, 0) is 32.2 Å². The molecule has 0 spiro atoms. The molecule has 2 atom stereocenters. The first-order valence-electron chi connectivity index (χ1n) is 7.04. The number of halogens is 1. The molecule has 19 heavy (non-hydrogen) atoms.